The van der Waals surface area contributed by atoms with Crippen LogP contribution in [0.5, 0.6) is 0 Å². The molecule has 0 radical (unpaired) electrons. The van der Waals surface area contributed by atoms with Gasteiger partial charge in [0.25, 0.3) is 0 Å². The molecule has 0 amide bonds. The summed E-state index contributed by atoms with van der Waals surface area (Å²) in [6.07, 6.45) is 8.15. The number of nitrogens with two attached hydrogens (primary N) is 1. The van der Waals surface area contributed by atoms with Gasteiger partial charge in [-0.25, -0.2) is 0 Å². The van der Waals surface area contributed by atoms with Gasteiger partial charge in [0.05, 0.1) is 0 Å². The topological polar surface area (TPSA) is 53.7 Å². The van der Waals surface area contributed by atoms with E-state index in [2.05, 4.69) is 13.8 Å². The minimum atomic E-state index is -2.51. The Morgan fingerprint density at radius 2 is 1.47 bits per heavy atom. The lowest BCUT2D eigenvalue weighted by Gasteiger charge is -2.31. The lowest BCUT2D eigenvalue weighted by molar-refractivity contribution is 0.0449. The average Bonchev–Trinajstić information content (AvgIpc) is 2.46. The number of hydrogen-bond acceptors (Lipinski definition) is 4. The lowest BCUT2D eigenvalue weighted by atomic mass is 10.1. The molecular weight excluding hydrogens is 258 g/mol. The summed E-state index contributed by atoms with van der Waals surface area (Å²) in [5.41, 5.74) is 5.59. The molecule has 0 aliphatic carbocycles. The highest BCUT2D eigenvalue weighted by Crippen LogP contribution is 2.23. The maximum Gasteiger partial charge on any atom is 0.500 e. The lowest BCUT2D eigenvalue weighted by Crippen LogP contribution is -2.47. The molecule has 0 rings (SSSR count). The second-order valence-electron chi connectivity index (χ2n) is 5.01. The molecule has 0 atom stereocenters. The summed E-state index contributed by atoms with van der Waals surface area (Å²) in [4.78, 5) is 0. The van der Waals surface area contributed by atoms with Gasteiger partial charge in [-0.05, 0) is 25.8 Å². The van der Waals surface area contributed by atoms with Crippen LogP contribution in [0.3, 0.4) is 0 Å². The Bertz CT molecular complexity index is 193. The maximum atomic E-state index is 6.28. The maximum absolute atomic E-state index is 6.28. The summed E-state index contributed by atoms with van der Waals surface area (Å²) in [7, 11) is 0.887. The van der Waals surface area contributed by atoms with Crippen LogP contribution in [0.2, 0.25) is 6.04 Å². The molecule has 0 aromatic rings. The van der Waals surface area contributed by atoms with Crippen LogP contribution >= 0.6 is 0 Å². The van der Waals surface area contributed by atoms with Gasteiger partial charge in [0.15, 0.2) is 0 Å². The Kier molecular flexibility index (Phi) is 11.9. The molecule has 4 nitrogen and oxygen atoms in total. The van der Waals surface area contributed by atoms with Crippen LogP contribution in [0.1, 0.15) is 58.8 Å². The van der Waals surface area contributed by atoms with Crippen molar-refractivity contribution in [2.75, 3.05) is 20.8 Å². The van der Waals surface area contributed by atoms with Crippen molar-refractivity contribution in [2.45, 2.75) is 70.9 Å². The SMILES string of the molecule is CCCCC(CCCC)O[Si](CCCN)(OC)OC. The molecule has 5 heteroatoms. The predicted octanol–water partition coefficient (Wildman–Crippen LogP) is 3.33. The zero-order valence-electron chi connectivity index (χ0n) is 13.2. The van der Waals surface area contributed by atoms with E-state index in [0.29, 0.717) is 6.54 Å². The first-order valence-electron chi connectivity index (χ1n) is 7.66. The van der Waals surface area contributed by atoms with Crippen molar-refractivity contribution >= 4 is 8.80 Å². The van der Waals surface area contributed by atoms with E-state index >= 15 is 0 Å². The molecule has 0 fully saturated rings. The van der Waals surface area contributed by atoms with E-state index in [1.165, 1.54) is 25.7 Å². The molecule has 0 aliphatic rings. The van der Waals surface area contributed by atoms with Crippen LogP contribution in [0.15, 0.2) is 0 Å². The molecule has 0 saturated heterocycles. The second kappa shape index (κ2) is 11.8. The van der Waals surface area contributed by atoms with E-state index in [9.17, 15) is 0 Å². The van der Waals surface area contributed by atoms with Crippen molar-refractivity contribution in [2.24, 2.45) is 5.73 Å². The molecular formula is C14H33NO3Si. The van der Waals surface area contributed by atoms with Gasteiger partial charge in [-0.3, -0.25) is 0 Å². The van der Waals surface area contributed by atoms with Gasteiger partial charge in [-0.2, -0.15) is 0 Å². The van der Waals surface area contributed by atoms with Crippen LogP contribution in [0, 0.1) is 0 Å². The number of hydrogen-bond donors (Lipinski definition) is 1. The third kappa shape index (κ3) is 8.04. The van der Waals surface area contributed by atoms with Crippen molar-refractivity contribution < 1.29 is 13.3 Å². The summed E-state index contributed by atoms with van der Waals surface area (Å²) in [5, 5.41) is 0. The minimum Gasteiger partial charge on any atom is -0.377 e. The molecule has 0 aromatic heterocycles. The molecule has 0 spiro atoms. The smallest absolute Gasteiger partial charge is 0.377 e. The molecule has 0 unspecified atom stereocenters. The third-order valence-corrected chi connectivity index (χ3v) is 6.32. The fourth-order valence-electron chi connectivity index (χ4n) is 2.14. The van der Waals surface area contributed by atoms with E-state index < -0.39 is 8.80 Å². The van der Waals surface area contributed by atoms with Crippen molar-refractivity contribution in [3.8, 4) is 0 Å². The Morgan fingerprint density at radius 1 is 0.947 bits per heavy atom. The van der Waals surface area contributed by atoms with Crippen LogP contribution < -0.4 is 5.73 Å². The molecule has 0 aromatic carbocycles. The second-order valence-corrected chi connectivity index (χ2v) is 7.93. The number of unbranched alkanes of at least 4 members (excludes halogenated alkanes) is 2. The Labute approximate surface area is 120 Å². The highest BCUT2D eigenvalue weighted by atomic mass is 28.4. The number of rotatable bonds is 13. The fourth-order valence-corrected chi connectivity index (χ4v) is 4.41. The first kappa shape index (κ1) is 19.1. The third-order valence-electron chi connectivity index (χ3n) is 3.41. The average molecular weight is 292 g/mol. The van der Waals surface area contributed by atoms with Crippen molar-refractivity contribution in [3.05, 3.63) is 0 Å². The summed E-state index contributed by atoms with van der Waals surface area (Å²) in [5.74, 6) is 0. The largest absolute Gasteiger partial charge is 0.500 e. The Morgan fingerprint density at radius 3 is 1.84 bits per heavy atom. The molecule has 0 saturated carbocycles. The van der Waals surface area contributed by atoms with E-state index in [1.54, 1.807) is 14.2 Å². The fraction of sp³-hybridized carbons (Fsp3) is 1.00. The molecule has 116 valence electrons. The molecule has 0 bridgehead atoms. The van der Waals surface area contributed by atoms with Gasteiger partial charge in [0.1, 0.15) is 0 Å². The van der Waals surface area contributed by atoms with Crippen molar-refractivity contribution in [1.29, 1.82) is 0 Å². The highest BCUT2D eigenvalue weighted by Gasteiger charge is 2.40. The molecule has 0 heterocycles. The van der Waals surface area contributed by atoms with Gasteiger partial charge >= 0.3 is 8.80 Å². The molecule has 19 heavy (non-hydrogen) atoms. The predicted molar refractivity (Wildman–Crippen MR) is 82.2 cm³/mol. The zero-order valence-corrected chi connectivity index (χ0v) is 14.2. The van der Waals surface area contributed by atoms with E-state index in [4.69, 9.17) is 19.0 Å². The van der Waals surface area contributed by atoms with Crippen LogP contribution in [0.4, 0.5) is 0 Å². The summed E-state index contributed by atoms with van der Waals surface area (Å²) < 4.78 is 17.5. The first-order valence-corrected chi connectivity index (χ1v) is 9.59. The van der Waals surface area contributed by atoms with Crippen molar-refractivity contribution in [1.82, 2.24) is 0 Å². The van der Waals surface area contributed by atoms with Gasteiger partial charge < -0.3 is 19.0 Å². The minimum absolute atomic E-state index is 0.268. The van der Waals surface area contributed by atoms with Gasteiger partial charge in [0, 0.05) is 26.4 Å². The Hall–Kier alpha value is 0.0569. The van der Waals surface area contributed by atoms with Gasteiger partial charge in [-0.15, -0.1) is 0 Å². The standard InChI is InChI=1S/C14H33NO3Si/c1-5-7-10-14(11-8-6-2)18-19(16-3,17-4)13-9-12-15/h14H,5-13,15H2,1-4H3. The van der Waals surface area contributed by atoms with Crippen molar-refractivity contribution in [3.63, 3.8) is 0 Å². The summed E-state index contributed by atoms with van der Waals surface area (Å²) in [6, 6.07) is 0.811. The zero-order chi connectivity index (χ0) is 14.6. The van der Waals surface area contributed by atoms with Crippen LogP contribution in [0.25, 0.3) is 0 Å². The summed E-state index contributed by atoms with van der Waals surface area (Å²) >= 11 is 0. The summed E-state index contributed by atoms with van der Waals surface area (Å²) in [6.45, 7) is 5.07. The normalized spacial score (nSPS) is 12.3. The molecule has 0 aliphatic heterocycles. The van der Waals surface area contributed by atoms with Crippen LogP contribution in [-0.4, -0.2) is 35.7 Å². The Balaban J connectivity index is 4.50. The van der Waals surface area contributed by atoms with Gasteiger partial charge in [-0.1, -0.05) is 39.5 Å². The first-order chi connectivity index (χ1) is 9.17. The van der Waals surface area contributed by atoms with E-state index in [0.717, 1.165) is 25.3 Å². The molecule has 2 N–H and O–H groups in total. The van der Waals surface area contributed by atoms with Crippen LogP contribution in [-0.2, 0) is 13.3 Å². The monoisotopic (exact) mass is 291 g/mol. The highest BCUT2D eigenvalue weighted by molar-refractivity contribution is 6.60. The van der Waals surface area contributed by atoms with E-state index in [1.807, 2.05) is 0 Å². The van der Waals surface area contributed by atoms with E-state index in [-0.39, 0.29) is 6.10 Å². The van der Waals surface area contributed by atoms with Gasteiger partial charge in [0.2, 0.25) is 0 Å². The quantitative estimate of drug-likeness (QED) is 0.529.